The lowest BCUT2D eigenvalue weighted by Crippen LogP contribution is -2.48. The van der Waals surface area contributed by atoms with Crippen molar-refractivity contribution in [2.45, 2.75) is 11.1 Å². The molecule has 0 atom stereocenters. The molecule has 1 aliphatic heterocycles. The van der Waals surface area contributed by atoms with Gasteiger partial charge in [-0.05, 0) is 24.3 Å². The maximum atomic E-state index is 12.9. The van der Waals surface area contributed by atoms with Crippen LogP contribution in [0.3, 0.4) is 0 Å². The molecule has 0 N–H and O–H groups in total. The lowest BCUT2D eigenvalue weighted by atomic mass is 10.1. The minimum atomic E-state index is -4.76. The van der Waals surface area contributed by atoms with Gasteiger partial charge in [-0.1, -0.05) is 11.6 Å². The molecule has 0 radical (unpaired) electrons. The highest BCUT2D eigenvalue weighted by molar-refractivity contribution is 7.89. The molecule has 0 aromatic heterocycles. The van der Waals surface area contributed by atoms with Crippen LogP contribution in [0.25, 0.3) is 0 Å². The molecule has 0 aliphatic carbocycles. The van der Waals surface area contributed by atoms with E-state index in [1.54, 1.807) is 0 Å². The van der Waals surface area contributed by atoms with E-state index < -0.39 is 47.9 Å². The Hall–Kier alpha value is -2.97. The van der Waals surface area contributed by atoms with E-state index in [1.165, 1.54) is 11.0 Å². The summed E-state index contributed by atoms with van der Waals surface area (Å²) < 4.78 is 65.5. The Morgan fingerprint density at radius 1 is 0.906 bits per heavy atom. The van der Waals surface area contributed by atoms with Crippen LogP contribution in [0.5, 0.6) is 0 Å². The summed E-state index contributed by atoms with van der Waals surface area (Å²) in [5.41, 5.74) is -2.72. The first kappa shape index (κ1) is 23.7. The van der Waals surface area contributed by atoms with E-state index >= 15 is 0 Å². The monoisotopic (exact) mass is 494 g/mol. The molecule has 1 aliphatic rings. The number of nitro benzene ring substituents is 2. The first-order valence-electron chi connectivity index (χ1n) is 8.87. The largest absolute Gasteiger partial charge is 0.416 e. The molecule has 1 heterocycles. The van der Waals surface area contributed by atoms with Gasteiger partial charge in [0, 0.05) is 43.3 Å². The van der Waals surface area contributed by atoms with Gasteiger partial charge in [0.25, 0.3) is 11.4 Å². The Balaban J connectivity index is 1.86. The predicted octanol–water partition coefficient (Wildman–Crippen LogP) is 3.69. The standard InChI is InChI=1S/C17H14ClF3N4O6S/c18-12-2-4-16(15(10-12)25(28)29)32(30,31)23-7-5-22(6-8-23)13-3-1-11(17(19,20)21)9-14(13)24(26)27/h1-4,9-10H,5-8H2. The molecule has 1 fully saturated rings. The topological polar surface area (TPSA) is 127 Å². The number of nitrogens with zero attached hydrogens (tertiary/aromatic N) is 4. The van der Waals surface area contributed by atoms with Crippen LogP contribution >= 0.6 is 11.6 Å². The van der Waals surface area contributed by atoms with Gasteiger partial charge in [0.05, 0.1) is 15.4 Å². The Bertz CT molecular complexity index is 1180. The fourth-order valence-electron chi connectivity index (χ4n) is 3.27. The van der Waals surface area contributed by atoms with Gasteiger partial charge in [-0.3, -0.25) is 20.2 Å². The van der Waals surface area contributed by atoms with Crippen molar-refractivity contribution >= 4 is 38.7 Å². The summed E-state index contributed by atoms with van der Waals surface area (Å²) in [4.78, 5) is 21.6. The second kappa shape index (κ2) is 8.52. The van der Waals surface area contributed by atoms with Crippen molar-refractivity contribution < 1.29 is 31.4 Å². The molecule has 32 heavy (non-hydrogen) atoms. The summed E-state index contributed by atoms with van der Waals surface area (Å²) in [6.45, 7) is -0.541. The van der Waals surface area contributed by atoms with Gasteiger partial charge in [0.2, 0.25) is 10.0 Å². The van der Waals surface area contributed by atoms with Gasteiger partial charge in [-0.2, -0.15) is 17.5 Å². The molecule has 1 saturated heterocycles. The Morgan fingerprint density at radius 2 is 1.50 bits per heavy atom. The highest BCUT2D eigenvalue weighted by Gasteiger charge is 2.37. The minimum Gasteiger partial charge on any atom is -0.363 e. The predicted molar refractivity (Wildman–Crippen MR) is 107 cm³/mol. The van der Waals surface area contributed by atoms with Crippen LogP contribution in [-0.4, -0.2) is 48.7 Å². The highest BCUT2D eigenvalue weighted by atomic mass is 35.5. The van der Waals surface area contributed by atoms with E-state index in [0.29, 0.717) is 12.1 Å². The lowest BCUT2D eigenvalue weighted by molar-refractivity contribution is -0.387. The lowest BCUT2D eigenvalue weighted by Gasteiger charge is -2.35. The number of benzene rings is 2. The zero-order valence-electron chi connectivity index (χ0n) is 16.0. The van der Waals surface area contributed by atoms with Crippen LogP contribution in [0.4, 0.5) is 30.2 Å². The van der Waals surface area contributed by atoms with Gasteiger partial charge in [0.15, 0.2) is 4.90 Å². The summed E-state index contributed by atoms with van der Waals surface area (Å²) in [5, 5.41) is 22.5. The first-order chi connectivity index (χ1) is 14.8. The zero-order valence-corrected chi connectivity index (χ0v) is 17.5. The van der Waals surface area contributed by atoms with Crippen molar-refractivity contribution in [3.05, 3.63) is 67.2 Å². The molecule has 0 bridgehead atoms. The van der Waals surface area contributed by atoms with Crippen molar-refractivity contribution in [1.82, 2.24) is 4.31 Å². The highest BCUT2D eigenvalue weighted by Crippen LogP contribution is 2.37. The quantitative estimate of drug-likeness (QED) is 0.458. The summed E-state index contributed by atoms with van der Waals surface area (Å²) in [5.74, 6) is 0. The molecule has 2 aromatic carbocycles. The summed E-state index contributed by atoms with van der Waals surface area (Å²) >= 11 is 5.72. The number of hydrogen-bond acceptors (Lipinski definition) is 7. The number of rotatable bonds is 5. The number of piperazine rings is 1. The maximum absolute atomic E-state index is 12.9. The minimum absolute atomic E-state index is 0.0184. The number of halogens is 4. The van der Waals surface area contributed by atoms with Crippen molar-refractivity contribution in [3.8, 4) is 0 Å². The number of nitro groups is 2. The van der Waals surface area contributed by atoms with E-state index in [2.05, 4.69) is 0 Å². The van der Waals surface area contributed by atoms with Gasteiger partial charge < -0.3 is 4.90 Å². The van der Waals surface area contributed by atoms with Crippen molar-refractivity contribution in [2.24, 2.45) is 0 Å². The molecule has 172 valence electrons. The van der Waals surface area contributed by atoms with Gasteiger partial charge in [0.1, 0.15) is 5.69 Å². The van der Waals surface area contributed by atoms with Crippen LogP contribution in [0.1, 0.15) is 5.56 Å². The molecule has 3 rings (SSSR count). The van der Waals surface area contributed by atoms with E-state index in [0.717, 1.165) is 22.5 Å². The third-order valence-corrected chi connectivity index (χ3v) is 7.00. The van der Waals surface area contributed by atoms with Crippen LogP contribution in [-0.2, 0) is 16.2 Å². The van der Waals surface area contributed by atoms with Crippen LogP contribution in [0.2, 0.25) is 5.02 Å². The van der Waals surface area contributed by atoms with Crippen LogP contribution < -0.4 is 4.90 Å². The second-order valence-electron chi connectivity index (χ2n) is 6.72. The zero-order chi connectivity index (χ0) is 23.8. The van der Waals surface area contributed by atoms with Crippen molar-refractivity contribution in [2.75, 3.05) is 31.1 Å². The second-order valence-corrected chi connectivity index (χ2v) is 9.06. The van der Waals surface area contributed by atoms with Crippen molar-refractivity contribution in [3.63, 3.8) is 0 Å². The Kier molecular flexibility index (Phi) is 6.31. The third kappa shape index (κ3) is 4.61. The summed E-state index contributed by atoms with van der Waals surface area (Å²) in [6.07, 6.45) is -4.76. The molecular weight excluding hydrogens is 481 g/mol. The average Bonchev–Trinajstić information content (AvgIpc) is 2.72. The third-order valence-electron chi connectivity index (χ3n) is 4.81. The molecule has 15 heteroatoms. The first-order valence-corrected chi connectivity index (χ1v) is 10.7. The number of anilines is 1. The van der Waals surface area contributed by atoms with Crippen molar-refractivity contribution in [1.29, 1.82) is 0 Å². The molecule has 2 aromatic rings. The normalized spacial score (nSPS) is 15.6. The number of alkyl halides is 3. The molecule has 0 amide bonds. The Labute approximate surface area is 184 Å². The number of hydrogen-bond donors (Lipinski definition) is 0. The maximum Gasteiger partial charge on any atom is 0.416 e. The van der Waals surface area contributed by atoms with Gasteiger partial charge in [-0.15, -0.1) is 0 Å². The fraction of sp³-hybridized carbons (Fsp3) is 0.294. The number of sulfonamides is 1. The van der Waals surface area contributed by atoms with E-state index in [4.69, 9.17) is 11.6 Å². The van der Waals surface area contributed by atoms with Gasteiger partial charge in [-0.25, -0.2) is 8.42 Å². The molecule has 0 saturated carbocycles. The molecule has 0 unspecified atom stereocenters. The van der Waals surface area contributed by atoms with Gasteiger partial charge >= 0.3 is 6.18 Å². The van der Waals surface area contributed by atoms with Crippen LogP contribution in [0, 0.1) is 20.2 Å². The smallest absolute Gasteiger partial charge is 0.363 e. The Morgan fingerprint density at radius 3 is 2.03 bits per heavy atom. The van der Waals surface area contributed by atoms with E-state index in [9.17, 15) is 41.8 Å². The molecule has 10 nitrogen and oxygen atoms in total. The van der Waals surface area contributed by atoms with E-state index in [1.807, 2.05) is 0 Å². The summed E-state index contributed by atoms with van der Waals surface area (Å²) in [7, 11) is -4.29. The molecular formula is C17H14ClF3N4O6S. The van der Waals surface area contributed by atoms with Crippen LogP contribution in [0.15, 0.2) is 41.3 Å². The molecule has 0 spiro atoms. The van der Waals surface area contributed by atoms with E-state index in [-0.39, 0.29) is 36.9 Å². The fourth-order valence-corrected chi connectivity index (χ4v) is 5.00. The average molecular weight is 495 g/mol. The SMILES string of the molecule is O=[N+]([O-])c1cc(C(F)(F)F)ccc1N1CCN(S(=O)(=O)c2ccc(Cl)cc2[N+](=O)[O-])CC1. The summed E-state index contributed by atoms with van der Waals surface area (Å²) in [6, 6.07) is 5.23.